The van der Waals surface area contributed by atoms with E-state index in [1.807, 2.05) is 30.3 Å². The van der Waals surface area contributed by atoms with Crippen LogP contribution in [0, 0.1) is 5.82 Å². The number of rotatable bonds is 5. The number of amides is 2. The molecule has 0 aliphatic carbocycles. The zero-order valence-electron chi connectivity index (χ0n) is 16.0. The van der Waals surface area contributed by atoms with E-state index in [2.05, 4.69) is 5.32 Å². The van der Waals surface area contributed by atoms with E-state index in [0.717, 1.165) is 5.56 Å². The summed E-state index contributed by atoms with van der Waals surface area (Å²) in [7, 11) is 0. The first kappa shape index (κ1) is 19.4. The molecule has 0 atom stereocenters. The first-order valence-corrected chi connectivity index (χ1v) is 9.44. The third-order valence-electron chi connectivity index (χ3n) is 4.65. The van der Waals surface area contributed by atoms with Crippen LogP contribution in [0.4, 0.5) is 15.8 Å². The first-order chi connectivity index (χ1) is 14.6. The van der Waals surface area contributed by atoms with E-state index in [0.29, 0.717) is 29.2 Å². The van der Waals surface area contributed by atoms with Crippen LogP contribution in [0.25, 0.3) is 6.08 Å². The van der Waals surface area contributed by atoms with Crippen molar-refractivity contribution < 1.29 is 18.7 Å². The fourth-order valence-corrected chi connectivity index (χ4v) is 3.15. The lowest BCUT2D eigenvalue weighted by Gasteiger charge is -2.30. The predicted octanol–water partition coefficient (Wildman–Crippen LogP) is 4.40. The molecule has 1 N–H and O–H groups in total. The number of nitrogens with zero attached hydrogens (tertiary/aromatic N) is 1. The van der Waals surface area contributed by atoms with Crippen LogP contribution in [0.1, 0.15) is 11.1 Å². The molecule has 0 unspecified atom stereocenters. The Bertz CT molecular complexity index is 1100. The van der Waals surface area contributed by atoms with Crippen molar-refractivity contribution in [2.45, 2.75) is 6.54 Å². The number of carbonyl (C=O) groups excluding carboxylic acids is 2. The van der Waals surface area contributed by atoms with Gasteiger partial charge in [-0.3, -0.25) is 9.59 Å². The van der Waals surface area contributed by atoms with Crippen molar-refractivity contribution in [3.63, 3.8) is 0 Å². The van der Waals surface area contributed by atoms with Crippen LogP contribution in [0.5, 0.6) is 5.75 Å². The van der Waals surface area contributed by atoms with Crippen LogP contribution in [0.3, 0.4) is 0 Å². The molecule has 150 valence electrons. The summed E-state index contributed by atoms with van der Waals surface area (Å²) in [4.78, 5) is 26.4. The molecule has 0 radical (unpaired) electrons. The Balaban J connectivity index is 1.51. The van der Waals surface area contributed by atoms with Gasteiger partial charge in [0.1, 0.15) is 11.6 Å². The molecule has 5 nitrogen and oxygen atoms in total. The second kappa shape index (κ2) is 8.61. The lowest BCUT2D eigenvalue weighted by Crippen LogP contribution is -2.38. The van der Waals surface area contributed by atoms with Crippen LogP contribution in [-0.4, -0.2) is 18.4 Å². The molecule has 6 heteroatoms. The molecular weight excluding hydrogens is 383 g/mol. The standard InChI is InChI=1S/C24H19FN2O3/c25-19-9-6-17(7-10-19)8-13-23(28)26-20-11-12-22-21(14-20)27(24(29)16-30-22)15-18-4-2-1-3-5-18/h1-14H,15-16H2,(H,26,28)/b13-8+. The number of benzene rings is 3. The molecular formula is C24H19FN2O3. The molecule has 0 saturated carbocycles. The van der Waals surface area contributed by atoms with Crippen LogP contribution in [-0.2, 0) is 16.1 Å². The number of ether oxygens (including phenoxy) is 1. The maximum atomic E-state index is 13.0. The lowest BCUT2D eigenvalue weighted by molar-refractivity contribution is -0.121. The van der Waals surface area contributed by atoms with Crippen molar-refractivity contribution >= 4 is 29.3 Å². The summed E-state index contributed by atoms with van der Waals surface area (Å²) in [5.74, 6) is -0.226. The highest BCUT2D eigenvalue weighted by Crippen LogP contribution is 2.35. The van der Waals surface area contributed by atoms with Crippen molar-refractivity contribution in [2.75, 3.05) is 16.8 Å². The van der Waals surface area contributed by atoms with E-state index in [-0.39, 0.29) is 24.2 Å². The molecule has 1 heterocycles. The fourth-order valence-electron chi connectivity index (χ4n) is 3.15. The molecule has 4 rings (SSSR count). The van der Waals surface area contributed by atoms with Crippen LogP contribution < -0.4 is 15.0 Å². The van der Waals surface area contributed by atoms with Crippen LogP contribution >= 0.6 is 0 Å². The highest BCUT2D eigenvalue weighted by atomic mass is 19.1. The molecule has 0 bridgehead atoms. The summed E-state index contributed by atoms with van der Waals surface area (Å²) >= 11 is 0. The maximum Gasteiger partial charge on any atom is 0.265 e. The molecule has 30 heavy (non-hydrogen) atoms. The summed E-state index contributed by atoms with van der Waals surface area (Å²) in [6.07, 6.45) is 2.97. The Morgan fingerprint density at radius 1 is 1.07 bits per heavy atom. The van der Waals surface area contributed by atoms with Gasteiger partial charge in [-0.15, -0.1) is 0 Å². The van der Waals surface area contributed by atoms with Gasteiger partial charge >= 0.3 is 0 Å². The predicted molar refractivity (Wildman–Crippen MR) is 114 cm³/mol. The van der Waals surface area contributed by atoms with E-state index in [1.165, 1.54) is 18.2 Å². The highest BCUT2D eigenvalue weighted by Gasteiger charge is 2.26. The van der Waals surface area contributed by atoms with Crippen molar-refractivity contribution in [3.05, 3.63) is 95.8 Å². The summed E-state index contributed by atoms with van der Waals surface area (Å²) in [6, 6.07) is 20.7. The van der Waals surface area contributed by atoms with Crippen molar-refractivity contribution in [1.82, 2.24) is 0 Å². The zero-order valence-corrected chi connectivity index (χ0v) is 16.0. The minimum Gasteiger partial charge on any atom is -0.482 e. The van der Waals surface area contributed by atoms with Gasteiger partial charge in [0, 0.05) is 11.8 Å². The second-order valence-electron chi connectivity index (χ2n) is 6.81. The lowest BCUT2D eigenvalue weighted by atomic mass is 10.1. The average Bonchev–Trinajstić information content (AvgIpc) is 2.76. The van der Waals surface area contributed by atoms with Gasteiger partial charge in [0.15, 0.2) is 6.61 Å². The average molecular weight is 402 g/mol. The third-order valence-corrected chi connectivity index (χ3v) is 4.65. The SMILES string of the molecule is O=C(/C=C/c1ccc(F)cc1)Nc1ccc2c(c1)N(Cc1ccccc1)C(=O)CO2. The number of halogens is 1. The van der Waals surface area contributed by atoms with E-state index >= 15 is 0 Å². The number of hydrogen-bond acceptors (Lipinski definition) is 3. The topological polar surface area (TPSA) is 58.6 Å². The molecule has 3 aromatic rings. The summed E-state index contributed by atoms with van der Waals surface area (Å²) in [5.41, 5.74) is 2.86. The Hall–Kier alpha value is -3.93. The molecule has 0 fully saturated rings. The Labute approximate surface area is 173 Å². The minimum absolute atomic E-state index is 0.0219. The molecule has 2 amide bonds. The number of hydrogen-bond donors (Lipinski definition) is 1. The van der Waals surface area contributed by atoms with Crippen molar-refractivity contribution in [2.24, 2.45) is 0 Å². The van der Waals surface area contributed by atoms with Crippen LogP contribution in [0.15, 0.2) is 78.9 Å². The van der Waals surface area contributed by atoms with Crippen LogP contribution in [0.2, 0.25) is 0 Å². The number of nitrogens with one attached hydrogen (secondary N) is 1. The second-order valence-corrected chi connectivity index (χ2v) is 6.81. The van der Waals surface area contributed by atoms with Crippen molar-refractivity contribution in [3.8, 4) is 5.75 Å². The van der Waals surface area contributed by atoms with E-state index in [9.17, 15) is 14.0 Å². The molecule has 0 saturated heterocycles. The van der Waals surface area contributed by atoms with E-state index in [4.69, 9.17) is 4.74 Å². The van der Waals surface area contributed by atoms with Gasteiger partial charge < -0.3 is 15.0 Å². The molecule has 0 spiro atoms. The quantitative estimate of drug-likeness (QED) is 0.644. The Morgan fingerprint density at radius 3 is 2.60 bits per heavy atom. The Morgan fingerprint density at radius 2 is 1.83 bits per heavy atom. The summed E-state index contributed by atoms with van der Waals surface area (Å²) < 4.78 is 18.5. The van der Waals surface area contributed by atoms with Crippen molar-refractivity contribution in [1.29, 1.82) is 0 Å². The van der Waals surface area contributed by atoms with E-state index < -0.39 is 0 Å². The highest BCUT2D eigenvalue weighted by molar-refractivity contribution is 6.03. The van der Waals surface area contributed by atoms with Gasteiger partial charge in [-0.1, -0.05) is 42.5 Å². The molecule has 3 aromatic carbocycles. The fraction of sp³-hybridized carbons (Fsp3) is 0.0833. The monoisotopic (exact) mass is 402 g/mol. The number of anilines is 2. The smallest absolute Gasteiger partial charge is 0.265 e. The summed E-state index contributed by atoms with van der Waals surface area (Å²) in [5, 5.41) is 2.78. The van der Waals surface area contributed by atoms with Gasteiger partial charge in [0.25, 0.3) is 5.91 Å². The van der Waals surface area contributed by atoms with Gasteiger partial charge in [-0.25, -0.2) is 4.39 Å². The zero-order chi connectivity index (χ0) is 20.9. The Kier molecular flexibility index (Phi) is 5.57. The van der Waals surface area contributed by atoms with Gasteiger partial charge in [0.2, 0.25) is 5.91 Å². The molecule has 1 aliphatic heterocycles. The number of fused-ring (bicyclic) bond motifs is 1. The first-order valence-electron chi connectivity index (χ1n) is 9.44. The maximum absolute atomic E-state index is 13.0. The normalized spacial score (nSPS) is 13.1. The third kappa shape index (κ3) is 4.55. The largest absolute Gasteiger partial charge is 0.482 e. The summed E-state index contributed by atoms with van der Waals surface area (Å²) in [6.45, 7) is 0.393. The number of carbonyl (C=O) groups is 2. The van der Waals surface area contributed by atoms with Gasteiger partial charge in [-0.05, 0) is 47.5 Å². The molecule has 0 aromatic heterocycles. The minimum atomic E-state index is -0.336. The van der Waals surface area contributed by atoms with E-state index in [1.54, 1.807) is 41.3 Å². The molecule has 1 aliphatic rings. The van der Waals surface area contributed by atoms with Gasteiger partial charge in [0.05, 0.1) is 12.2 Å². The van der Waals surface area contributed by atoms with Gasteiger partial charge in [-0.2, -0.15) is 0 Å².